The van der Waals surface area contributed by atoms with Gasteiger partial charge in [0.2, 0.25) is 0 Å². The van der Waals surface area contributed by atoms with Gasteiger partial charge in [0.25, 0.3) is 0 Å². The summed E-state index contributed by atoms with van der Waals surface area (Å²) in [7, 11) is 0. The van der Waals surface area contributed by atoms with Gasteiger partial charge < -0.3 is 15.3 Å². The van der Waals surface area contributed by atoms with Gasteiger partial charge in [-0.05, 0) is 110 Å². The Balaban J connectivity index is 1.59. The summed E-state index contributed by atoms with van der Waals surface area (Å²) in [5, 5.41) is 33.3. The summed E-state index contributed by atoms with van der Waals surface area (Å²) < 4.78 is 0. The van der Waals surface area contributed by atoms with Crippen LogP contribution in [0, 0.1) is 51.8 Å². The van der Waals surface area contributed by atoms with Gasteiger partial charge in [0.1, 0.15) is 0 Å². The van der Waals surface area contributed by atoms with Crippen LogP contribution in [0.3, 0.4) is 0 Å². The van der Waals surface area contributed by atoms with E-state index >= 15 is 0 Å². The largest absolute Gasteiger partial charge is 0.393 e. The van der Waals surface area contributed by atoms with Crippen molar-refractivity contribution >= 4 is 0 Å². The highest BCUT2D eigenvalue weighted by atomic mass is 16.3. The minimum atomic E-state index is -0.265. The molecule has 30 heavy (non-hydrogen) atoms. The topological polar surface area (TPSA) is 60.7 Å². The second kappa shape index (κ2) is 7.73. The molecule has 0 aromatic carbocycles. The van der Waals surface area contributed by atoms with Crippen molar-refractivity contribution in [2.45, 2.75) is 118 Å². The molecule has 0 spiro atoms. The van der Waals surface area contributed by atoms with Crippen LogP contribution in [0.1, 0.15) is 99.3 Å². The number of aliphatic hydroxyl groups excluding tert-OH is 3. The summed E-state index contributed by atoms with van der Waals surface area (Å²) in [6.45, 7) is 14.2. The van der Waals surface area contributed by atoms with Gasteiger partial charge in [-0.2, -0.15) is 0 Å². The lowest BCUT2D eigenvalue weighted by atomic mass is 9.43. The molecule has 3 N–H and O–H groups in total. The average molecular weight is 421 g/mol. The standard InChI is InChI=1S/C27H48O3/c1-16(9-11-25(2,3)4)19-7-8-20-24-21(15-23(30)27(19,20)6)26(5)12-10-18(28)13-17(26)14-22(24)29/h16-24,28-30H,7-15H2,1-6H3/t16-,17+,18-,19-,20+,21+,22-,23+,24+,26+,27-/m1/s1. The highest BCUT2D eigenvalue weighted by Crippen LogP contribution is 2.68. The van der Waals surface area contributed by atoms with Crippen LogP contribution in [0.2, 0.25) is 0 Å². The van der Waals surface area contributed by atoms with Crippen LogP contribution in [0.4, 0.5) is 0 Å². The van der Waals surface area contributed by atoms with Crippen LogP contribution in [-0.2, 0) is 0 Å². The van der Waals surface area contributed by atoms with Gasteiger partial charge in [-0.25, -0.2) is 0 Å². The molecule has 0 unspecified atom stereocenters. The molecule has 4 fully saturated rings. The minimum absolute atomic E-state index is 0.0587. The maximum absolute atomic E-state index is 11.6. The molecule has 3 heteroatoms. The zero-order chi connectivity index (χ0) is 22.1. The van der Waals surface area contributed by atoms with E-state index in [0.717, 1.165) is 32.1 Å². The van der Waals surface area contributed by atoms with Gasteiger partial charge in [-0.1, -0.05) is 41.5 Å². The van der Waals surface area contributed by atoms with E-state index in [9.17, 15) is 15.3 Å². The highest BCUT2D eigenvalue weighted by Gasteiger charge is 2.65. The van der Waals surface area contributed by atoms with Crippen LogP contribution in [0.15, 0.2) is 0 Å². The van der Waals surface area contributed by atoms with Crippen LogP contribution >= 0.6 is 0 Å². The Kier molecular flexibility index (Phi) is 5.94. The van der Waals surface area contributed by atoms with Crippen molar-refractivity contribution in [3.63, 3.8) is 0 Å². The number of hydrogen-bond acceptors (Lipinski definition) is 3. The molecule has 0 aromatic rings. The van der Waals surface area contributed by atoms with E-state index < -0.39 is 0 Å². The molecule has 0 heterocycles. The average Bonchev–Trinajstić information content (AvgIpc) is 3.00. The Morgan fingerprint density at radius 3 is 2.30 bits per heavy atom. The van der Waals surface area contributed by atoms with Crippen molar-refractivity contribution < 1.29 is 15.3 Å². The molecular formula is C27H48O3. The monoisotopic (exact) mass is 420 g/mol. The van der Waals surface area contributed by atoms with Gasteiger partial charge in [0.15, 0.2) is 0 Å². The lowest BCUT2D eigenvalue weighted by molar-refractivity contribution is -0.207. The van der Waals surface area contributed by atoms with Crippen molar-refractivity contribution in [2.75, 3.05) is 0 Å². The summed E-state index contributed by atoms with van der Waals surface area (Å²) >= 11 is 0. The molecule has 3 nitrogen and oxygen atoms in total. The quantitative estimate of drug-likeness (QED) is 0.572. The number of fused-ring (bicyclic) bond motifs is 5. The molecule has 0 bridgehead atoms. The maximum atomic E-state index is 11.6. The van der Waals surface area contributed by atoms with Crippen molar-refractivity contribution in [3.8, 4) is 0 Å². The first kappa shape index (κ1) is 23.1. The molecule has 0 radical (unpaired) electrons. The van der Waals surface area contributed by atoms with Crippen molar-refractivity contribution in [1.82, 2.24) is 0 Å². The third kappa shape index (κ3) is 3.59. The van der Waals surface area contributed by atoms with Crippen LogP contribution < -0.4 is 0 Å². The van der Waals surface area contributed by atoms with E-state index in [0.29, 0.717) is 40.9 Å². The number of aliphatic hydroxyl groups is 3. The first-order valence-corrected chi connectivity index (χ1v) is 12.9. The predicted molar refractivity (Wildman–Crippen MR) is 122 cm³/mol. The molecule has 4 rings (SSSR count). The smallest absolute Gasteiger partial charge is 0.0602 e. The Bertz CT molecular complexity index is 626. The van der Waals surface area contributed by atoms with Gasteiger partial charge in [0, 0.05) is 0 Å². The van der Waals surface area contributed by atoms with E-state index in [4.69, 9.17) is 0 Å². The molecule has 174 valence electrons. The van der Waals surface area contributed by atoms with Crippen LogP contribution in [0.5, 0.6) is 0 Å². The summed E-state index contributed by atoms with van der Waals surface area (Å²) in [6.07, 6.45) is 8.58. The third-order valence-electron chi connectivity index (χ3n) is 10.9. The highest BCUT2D eigenvalue weighted by molar-refractivity contribution is 5.14. The Morgan fingerprint density at radius 2 is 1.63 bits per heavy atom. The zero-order valence-electron chi connectivity index (χ0n) is 20.4. The summed E-state index contributed by atoms with van der Waals surface area (Å²) in [6, 6.07) is 0. The SMILES string of the molecule is C[C@H](CCC(C)(C)C)[C@H]1CC[C@H]2[C@@H]3[C@H](O)C[C@@H]4C[C@H](O)CC[C@]4(C)[C@H]3C[C@H](O)[C@]12C. The Labute approximate surface area is 185 Å². The lowest BCUT2D eigenvalue weighted by Crippen LogP contribution is -2.62. The molecule has 0 saturated heterocycles. The lowest BCUT2D eigenvalue weighted by Gasteiger charge is -2.63. The molecule has 0 aromatic heterocycles. The summed E-state index contributed by atoms with van der Waals surface area (Å²) in [4.78, 5) is 0. The fourth-order valence-corrected chi connectivity index (χ4v) is 8.99. The molecular weight excluding hydrogens is 372 g/mol. The van der Waals surface area contributed by atoms with Gasteiger partial charge in [-0.3, -0.25) is 0 Å². The van der Waals surface area contributed by atoms with Gasteiger partial charge in [0.05, 0.1) is 18.3 Å². The van der Waals surface area contributed by atoms with Gasteiger partial charge >= 0.3 is 0 Å². The number of hydrogen-bond donors (Lipinski definition) is 3. The third-order valence-corrected chi connectivity index (χ3v) is 10.9. The normalized spacial score (nSPS) is 52.3. The second-order valence-electron chi connectivity index (χ2n) is 13.6. The summed E-state index contributed by atoms with van der Waals surface area (Å²) in [5.74, 6) is 2.75. The van der Waals surface area contributed by atoms with E-state index in [1.54, 1.807) is 0 Å². The van der Waals surface area contributed by atoms with Gasteiger partial charge in [-0.15, -0.1) is 0 Å². The van der Waals surface area contributed by atoms with Crippen LogP contribution in [-0.4, -0.2) is 33.6 Å². The van der Waals surface area contributed by atoms with Crippen molar-refractivity contribution in [2.24, 2.45) is 51.8 Å². The zero-order valence-corrected chi connectivity index (χ0v) is 20.4. The first-order valence-electron chi connectivity index (χ1n) is 12.9. The maximum Gasteiger partial charge on any atom is 0.0602 e. The molecule has 0 amide bonds. The Morgan fingerprint density at radius 1 is 0.933 bits per heavy atom. The molecule has 4 aliphatic rings. The predicted octanol–water partition coefficient (Wildman–Crippen LogP) is 5.41. The van der Waals surface area contributed by atoms with Crippen molar-refractivity contribution in [3.05, 3.63) is 0 Å². The number of rotatable bonds is 3. The second-order valence-corrected chi connectivity index (χ2v) is 13.6. The van der Waals surface area contributed by atoms with E-state index in [-0.39, 0.29) is 29.1 Å². The summed E-state index contributed by atoms with van der Waals surface area (Å²) in [5.41, 5.74) is 0.469. The molecule has 4 aliphatic carbocycles. The minimum Gasteiger partial charge on any atom is -0.393 e. The Hall–Kier alpha value is -0.120. The van der Waals surface area contributed by atoms with E-state index in [1.165, 1.54) is 25.7 Å². The molecule has 4 saturated carbocycles. The van der Waals surface area contributed by atoms with Crippen LogP contribution in [0.25, 0.3) is 0 Å². The first-order chi connectivity index (χ1) is 13.9. The molecule has 0 aliphatic heterocycles. The fraction of sp³-hybridized carbons (Fsp3) is 1.00. The van der Waals surface area contributed by atoms with E-state index in [2.05, 4.69) is 41.5 Å². The molecule has 11 atom stereocenters. The fourth-order valence-electron chi connectivity index (χ4n) is 8.99. The van der Waals surface area contributed by atoms with E-state index in [1.807, 2.05) is 0 Å². The van der Waals surface area contributed by atoms with Crippen molar-refractivity contribution in [1.29, 1.82) is 0 Å².